The topological polar surface area (TPSA) is 17.1 Å². The summed E-state index contributed by atoms with van der Waals surface area (Å²) < 4.78 is 0. The fraction of sp³-hybridized carbons (Fsp3) is 0.552. The fourth-order valence-corrected chi connectivity index (χ4v) is 5.80. The van der Waals surface area contributed by atoms with Crippen LogP contribution in [0, 0.1) is 39.5 Å². The van der Waals surface area contributed by atoms with Crippen molar-refractivity contribution in [3.8, 4) is 0 Å². The van der Waals surface area contributed by atoms with Crippen LogP contribution in [0.4, 0.5) is 0 Å². The van der Waals surface area contributed by atoms with E-state index >= 15 is 0 Å². The molecule has 2 fully saturated rings. The second kappa shape index (κ2) is 9.08. The first-order chi connectivity index (χ1) is 14.4. The van der Waals surface area contributed by atoms with Gasteiger partial charge in [0.2, 0.25) is 0 Å². The first-order valence-electron chi connectivity index (χ1n) is 12.1. The SMILES string of the molecule is Cc1ccc([C@@H](CC(=O)C[C@@H](c2ccc(C)cc2C)C2CCC2)C2CCC2)c(C)c1. The molecule has 2 aromatic carbocycles. The maximum Gasteiger partial charge on any atom is 0.134 e. The number of ketones is 1. The molecule has 160 valence electrons. The van der Waals surface area contributed by atoms with Gasteiger partial charge in [-0.3, -0.25) is 4.79 Å². The average Bonchev–Trinajstić information content (AvgIpc) is 2.57. The highest BCUT2D eigenvalue weighted by atomic mass is 16.1. The molecule has 2 aliphatic rings. The van der Waals surface area contributed by atoms with Gasteiger partial charge < -0.3 is 0 Å². The summed E-state index contributed by atoms with van der Waals surface area (Å²) in [5, 5.41) is 0. The molecule has 30 heavy (non-hydrogen) atoms. The van der Waals surface area contributed by atoms with Crippen molar-refractivity contribution in [1.82, 2.24) is 0 Å². The van der Waals surface area contributed by atoms with E-state index in [2.05, 4.69) is 64.1 Å². The molecule has 0 saturated heterocycles. The Morgan fingerprint density at radius 3 is 1.43 bits per heavy atom. The first kappa shape index (κ1) is 21.3. The van der Waals surface area contributed by atoms with Gasteiger partial charge in [0.1, 0.15) is 5.78 Å². The highest BCUT2D eigenvalue weighted by Crippen LogP contribution is 2.45. The van der Waals surface area contributed by atoms with E-state index in [4.69, 9.17) is 0 Å². The third-order valence-corrected chi connectivity index (χ3v) is 7.98. The molecule has 2 aromatic rings. The minimum atomic E-state index is 0.410. The van der Waals surface area contributed by atoms with E-state index in [-0.39, 0.29) is 0 Å². The lowest BCUT2D eigenvalue weighted by Crippen LogP contribution is -2.27. The van der Waals surface area contributed by atoms with Gasteiger partial charge in [-0.1, -0.05) is 60.4 Å². The molecule has 0 amide bonds. The van der Waals surface area contributed by atoms with Crippen molar-refractivity contribution >= 4 is 5.78 Å². The van der Waals surface area contributed by atoms with Crippen LogP contribution in [0.3, 0.4) is 0 Å². The summed E-state index contributed by atoms with van der Waals surface area (Å²) in [5.74, 6) is 2.68. The van der Waals surface area contributed by atoms with Gasteiger partial charge in [0.25, 0.3) is 0 Å². The summed E-state index contributed by atoms with van der Waals surface area (Å²) in [6, 6.07) is 13.6. The van der Waals surface area contributed by atoms with E-state index in [0.29, 0.717) is 29.5 Å². The Hall–Kier alpha value is -1.89. The molecule has 0 radical (unpaired) electrons. The summed E-state index contributed by atoms with van der Waals surface area (Å²) in [4.78, 5) is 13.5. The van der Waals surface area contributed by atoms with Crippen LogP contribution in [-0.4, -0.2) is 5.78 Å². The van der Waals surface area contributed by atoms with Crippen molar-refractivity contribution in [1.29, 1.82) is 0 Å². The van der Waals surface area contributed by atoms with Gasteiger partial charge in [-0.05, 0) is 99.3 Å². The number of carbonyl (C=O) groups excluding carboxylic acids is 1. The van der Waals surface area contributed by atoms with Crippen molar-refractivity contribution in [3.63, 3.8) is 0 Å². The highest BCUT2D eigenvalue weighted by molar-refractivity contribution is 5.80. The van der Waals surface area contributed by atoms with Crippen LogP contribution in [-0.2, 0) is 4.79 Å². The second-order valence-electron chi connectivity index (χ2n) is 10.3. The summed E-state index contributed by atoms with van der Waals surface area (Å²) in [6.07, 6.45) is 9.25. The van der Waals surface area contributed by atoms with Crippen molar-refractivity contribution in [2.75, 3.05) is 0 Å². The first-order valence-corrected chi connectivity index (χ1v) is 12.1. The van der Waals surface area contributed by atoms with Crippen LogP contribution in [0.15, 0.2) is 36.4 Å². The minimum Gasteiger partial charge on any atom is -0.300 e. The quantitative estimate of drug-likeness (QED) is 0.441. The zero-order valence-electron chi connectivity index (χ0n) is 19.3. The second-order valence-corrected chi connectivity index (χ2v) is 10.3. The molecule has 0 aromatic heterocycles. The van der Waals surface area contributed by atoms with E-state index in [1.165, 1.54) is 71.9 Å². The van der Waals surface area contributed by atoms with E-state index in [1.807, 2.05) is 0 Å². The molecule has 2 aliphatic carbocycles. The fourth-order valence-electron chi connectivity index (χ4n) is 5.80. The molecule has 4 rings (SSSR count). The van der Waals surface area contributed by atoms with Gasteiger partial charge in [-0.15, -0.1) is 0 Å². The van der Waals surface area contributed by atoms with Gasteiger partial charge >= 0.3 is 0 Å². The van der Waals surface area contributed by atoms with Crippen LogP contribution < -0.4 is 0 Å². The van der Waals surface area contributed by atoms with Gasteiger partial charge in [-0.25, -0.2) is 0 Å². The maximum absolute atomic E-state index is 13.5. The molecule has 0 unspecified atom stereocenters. The van der Waals surface area contributed by atoms with E-state index in [0.717, 1.165) is 12.8 Å². The van der Waals surface area contributed by atoms with Crippen molar-refractivity contribution in [2.24, 2.45) is 11.8 Å². The summed E-state index contributed by atoms with van der Waals surface area (Å²) in [5.41, 5.74) is 8.20. The third kappa shape index (κ3) is 4.56. The molecule has 1 heteroatoms. The molecule has 2 saturated carbocycles. The molecule has 1 nitrogen and oxygen atoms in total. The normalized spacial score (nSPS) is 19.1. The molecule has 0 aliphatic heterocycles. The lowest BCUT2D eigenvalue weighted by Gasteiger charge is -2.37. The Kier molecular flexibility index (Phi) is 6.46. The summed E-state index contributed by atoms with van der Waals surface area (Å²) in [6.45, 7) is 8.78. The molecule has 2 atom stereocenters. The number of rotatable bonds is 8. The van der Waals surface area contributed by atoms with E-state index < -0.39 is 0 Å². The van der Waals surface area contributed by atoms with Crippen LogP contribution in [0.2, 0.25) is 0 Å². The zero-order chi connectivity index (χ0) is 21.3. The number of hydrogen-bond donors (Lipinski definition) is 0. The van der Waals surface area contributed by atoms with Gasteiger partial charge in [0.15, 0.2) is 0 Å². The summed E-state index contributed by atoms with van der Waals surface area (Å²) >= 11 is 0. The number of carbonyl (C=O) groups is 1. The Morgan fingerprint density at radius 2 is 1.13 bits per heavy atom. The zero-order valence-corrected chi connectivity index (χ0v) is 19.3. The highest BCUT2D eigenvalue weighted by Gasteiger charge is 2.34. The Balaban J connectivity index is 1.53. The molecular formula is C29H38O. The van der Waals surface area contributed by atoms with E-state index in [1.54, 1.807) is 0 Å². The van der Waals surface area contributed by atoms with Crippen molar-refractivity contribution in [3.05, 3.63) is 69.8 Å². The molecular weight excluding hydrogens is 364 g/mol. The maximum atomic E-state index is 13.5. The van der Waals surface area contributed by atoms with Crippen LogP contribution in [0.5, 0.6) is 0 Å². The number of benzene rings is 2. The Bertz CT molecular complexity index is 827. The van der Waals surface area contributed by atoms with Crippen LogP contribution in [0.25, 0.3) is 0 Å². The summed E-state index contributed by atoms with van der Waals surface area (Å²) in [7, 11) is 0. The Morgan fingerprint density at radius 1 is 0.733 bits per heavy atom. The van der Waals surface area contributed by atoms with Gasteiger partial charge in [0.05, 0.1) is 0 Å². The smallest absolute Gasteiger partial charge is 0.134 e. The standard InChI is InChI=1S/C29H38O/c1-19-11-13-26(21(3)15-19)28(23-7-5-8-23)17-25(30)18-29(24-9-6-10-24)27-14-12-20(2)16-22(27)4/h11-16,23-24,28-29H,5-10,17-18H2,1-4H3/t28-,29+. The van der Waals surface area contributed by atoms with Gasteiger partial charge in [-0.2, -0.15) is 0 Å². The Labute approximate surface area is 183 Å². The third-order valence-electron chi connectivity index (χ3n) is 7.98. The predicted octanol–water partition coefficient (Wildman–Crippen LogP) is 7.74. The minimum absolute atomic E-state index is 0.410. The lowest BCUT2D eigenvalue weighted by atomic mass is 9.67. The van der Waals surface area contributed by atoms with Gasteiger partial charge in [0, 0.05) is 12.8 Å². The average molecular weight is 403 g/mol. The molecule has 0 spiro atoms. The largest absolute Gasteiger partial charge is 0.300 e. The number of hydrogen-bond acceptors (Lipinski definition) is 1. The molecule has 0 N–H and O–H groups in total. The van der Waals surface area contributed by atoms with Crippen LogP contribution >= 0.6 is 0 Å². The number of Topliss-reactive ketones (excluding diaryl/α,β-unsaturated/α-hetero) is 1. The van der Waals surface area contributed by atoms with E-state index in [9.17, 15) is 4.79 Å². The van der Waals surface area contributed by atoms with Crippen LogP contribution in [0.1, 0.15) is 96.6 Å². The monoisotopic (exact) mass is 402 g/mol. The van der Waals surface area contributed by atoms with Crippen molar-refractivity contribution in [2.45, 2.75) is 90.9 Å². The number of aryl methyl sites for hydroxylation is 4. The van der Waals surface area contributed by atoms with Crippen molar-refractivity contribution < 1.29 is 4.79 Å². The molecule has 0 bridgehead atoms. The predicted molar refractivity (Wildman–Crippen MR) is 126 cm³/mol. The lowest BCUT2D eigenvalue weighted by molar-refractivity contribution is -0.120. The molecule has 0 heterocycles.